The lowest BCUT2D eigenvalue weighted by molar-refractivity contribution is 0.0645. The topological polar surface area (TPSA) is 70.5 Å². The molecule has 2 amide bonds. The summed E-state index contributed by atoms with van der Waals surface area (Å²) < 4.78 is 1.98. The van der Waals surface area contributed by atoms with E-state index in [1.54, 1.807) is 0 Å². The Hall–Kier alpha value is -1.89. The molecule has 1 N–H and O–H groups in total. The number of nitrogens with zero attached hydrogens (tertiary/aromatic N) is 4. The van der Waals surface area contributed by atoms with Crippen LogP contribution in [0.2, 0.25) is 0 Å². The maximum Gasteiger partial charge on any atom is 0.289 e. The van der Waals surface area contributed by atoms with Gasteiger partial charge in [0, 0.05) is 38.8 Å². The molecule has 0 radical (unpaired) electrons. The molecule has 2 aliphatic rings. The van der Waals surface area contributed by atoms with Crippen molar-refractivity contribution < 1.29 is 9.59 Å². The fourth-order valence-electron chi connectivity index (χ4n) is 3.43. The number of likely N-dealkylation sites (N-methyl/N-ethyl adjacent to an activating group) is 1. The van der Waals surface area contributed by atoms with Crippen LogP contribution in [0.15, 0.2) is 0 Å². The Balaban J connectivity index is 1.87. The lowest BCUT2D eigenvalue weighted by atomic mass is 10.1. The molecule has 2 aliphatic heterocycles. The highest BCUT2D eigenvalue weighted by molar-refractivity contribution is 5.97. The van der Waals surface area contributed by atoms with Crippen LogP contribution in [-0.4, -0.2) is 70.4 Å². The van der Waals surface area contributed by atoms with Gasteiger partial charge in [-0.05, 0) is 39.7 Å². The zero-order valence-electron chi connectivity index (χ0n) is 15.5. The molecule has 0 spiro atoms. The third-order valence-corrected chi connectivity index (χ3v) is 5.30. The van der Waals surface area contributed by atoms with Gasteiger partial charge in [0.25, 0.3) is 11.8 Å². The van der Waals surface area contributed by atoms with E-state index >= 15 is 0 Å². The van der Waals surface area contributed by atoms with Crippen LogP contribution in [0.5, 0.6) is 0 Å². The smallest absolute Gasteiger partial charge is 0.289 e. The van der Waals surface area contributed by atoms with Gasteiger partial charge in [-0.2, -0.15) is 0 Å². The van der Waals surface area contributed by atoms with Crippen LogP contribution in [-0.2, 0) is 13.0 Å². The normalized spacial score (nSPS) is 19.4. The van der Waals surface area contributed by atoms with Crippen LogP contribution < -0.4 is 5.32 Å². The van der Waals surface area contributed by atoms with Gasteiger partial charge in [-0.3, -0.25) is 9.59 Å². The summed E-state index contributed by atoms with van der Waals surface area (Å²) in [5.41, 5.74) is 1.36. The molecule has 0 bridgehead atoms. The average molecular weight is 347 g/mol. The summed E-state index contributed by atoms with van der Waals surface area (Å²) >= 11 is 0. The van der Waals surface area contributed by atoms with E-state index in [1.807, 2.05) is 23.3 Å². The molecule has 0 saturated carbocycles. The summed E-state index contributed by atoms with van der Waals surface area (Å²) in [6.07, 6.45) is 3.75. The largest absolute Gasteiger partial charge is 0.348 e. The van der Waals surface area contributed by atoms with Gasteiger partial charge in [0.15, 0.2) is 5.82 Å². The third kappa shape index (κ3) is 3.71. The van der Waals surface area contributed by atoms with Crippen LogP contribution in [0.4, 0.5) is 0 Å². The zero-order chi connectivity index (χ0) is 18.0. The summed E-state index contributed by atoms with van der Waals surface area (Å²) in [5.74, 6) is 0.241. The molecule has 1 fully saturated rings. The molecule has 1 saturated heterocycles. The van der Waals surface area contributed by atoms with Gasteiger partial charge >= 0.3 is 0 Å². The number of nitrogens with one attached hydrogen (secondary N) is 1. The molecule has 0 aromatic carbocycles. The molecule has 7 nitrogen and oxygen atoms in total. The monoisotopic (exact) mass is 347 g/mol. The first-order valence-electron chi connectivity index (χ1n) is 9.39. The second-order valence-electron chi connectivity index (χ2n) is 7.22. The molecule has 1 unspecified atom stereocenters. The van der Waals surface area contributed by atoms with E-state index in [1.165, 1.54) is 0 Å². The second-order valence-corrected chi connectivity index (χ2v) is 7.22. The summed E-state index contributed by atoms with van der Waals surface area (Å²) in [5, 5.41) is 2.99. The Morgan fingerprint density at radius 2 is 1.88 bits per heavy atom. The van der Waals surface area contributed by atoms with Crippen LogP contribution >= 0.6 is 0 Å². The fraction of sp³-hybridized carbons (Fsp3) is 0.722. The number of hydrogen-bond donors (Lipinski definition) is 1. The molecule has 0 aliphatic carbocycles. The van der Waals surface area contributed by atoms with E-state index < -0.39 is 0 Å². The van der Waals surface area contributed by atoms with Crippen molar-refractivity contribution in [3.8, 4) is 0 Å². The van der Waals surface area contributed by atoms with E-state index in [9.17, 15) is 9.59 Å². The molecule has 3 heterocycles. The van der Waals surface area contributed by atoms with E-state index in [2.05, 4.69) is 22.2 Å². The number of imidazole rings is 1. The van der Waals surface area contributed by atoms with Crippen molar-refractivity contribution in [3.05, 3.63) is 17.2 Å². The predicted octanol–water partition coefficient (Wildman–Crippen LogP) is 1.14. The summed E-state index contributed by atoms with van der Waals surface area (Å²) in [7, 11) is 2.07. The Morgan fingerprint density at radius 3 is 2.56 bits per heavy atom. The van der Waals surface area contributed by atoms with Crippen LogP contribution in [0.25, 0.3) is 0 Å². The lowest BCUT2D eigenvalue weighted by Gasteiger charge is -2.32. The maximum atomic E-state index is 13.0. The molecule has 1 atom stereocenters. The average Bonchev–Trinajstić information content (AvgIpc) is 3.01. The van der Waals surface area contributed by atoms with Gasteiger partial charge < -0.3 is 19.7 Å². The van der Waals surface area contributed by atoms with Gasteiger partial charge in [0.2, 0.25) is 0 Å². The number of piperazine rings is 1. The Labute approximate surface area is 149 Å². The van der Waals surface area contributed by atoms with Crippen molar-refractivity contribution in [2.45, 2.75) is 52.1 Å². The number of aromatic nitrogens is 2. The Kier molecular flexibility index (Phi) is 5.42. The quantitative estimate of drug-likeness (QED) is 0.887. The van der Waals surface area contributed by atoms with E-state index in [-0.39, 0.29) is 17.9 Å². The van der Waals surface area contributed by atoms with Crippen molar-refractivity contribution in [1.82, 2.24) is 24.7 Å². The van der Waals surface area contributed by atoms with E-state index in [4.69, 9.17) is 0 Å². The minimum absolute atomic E-state index is 0.0427. The Bertz CT molecular complexity index is 646. The molecule has 138 valence electrons. The molecule has 3 rings (SSSR count). The van der Waals surface area contributed by atoms with Crippen LogP contribution in [0.1, 0.15) is 59.9 Å². The van der Waals surface area contributed by atoms with Crippen LogP contribution in [0.3, 0.4) is 0 Å². The molecule has 7 heteroatoms. The van der Waals surface area contributed by atoms with Gasteiger partial charge in [-0.15, -0.1) is 0 Å². The van der Waals surface area contributed by atoms with Crippen molar-refractivity contribution in [2.24, 2.45) is 0 Å². The maximum absolute atomic E-state index is 13.0. The molecular weight excluding hydrogens is 318 g/mol. The molecule has 25 heavy (non-hydrogen) atoms. The second kappa shape index (κ2) is 7.56. The summed E-state index contributed by atoms with van der Waals surface area (Å²) in [6, 6.07) is 0.102. The van der Waals surface area contributed by atoms with E-state index in [0.29, 0.717) is 24.6 Å². The van der Waals surface area contributed by atoms with Gasteiger partial charge in [-0.1, -0.05) is 6.92 Å². The number of carbonyl (C=O) groups is 2. The molecule has 1 aromatic heterocycles. The SMILES string of the molecule is CCC(C)NC(=O)c1nc(C(=O)N2CCN(C)CC2)n2c1CCCC2. The highest BCUT2D eigenvalue weighted by Crippen LogP contribution is 2.22. The zero-order valence-corrected chi connectivity index (χ0v) is 15.5. The first kappa shape index (κ1) is 17.9. The minimum atomic E-state index is -0.155. The number of hydrogen-bond acceptors (Lipinski definition) is 4. The van der Waals surface area contributed by atoms with Gasteiger partial charge in [0.1, 0.15) is 5.69 Å². The van der Waals surface area contributed by atoms with Crippen molar-refractivity contribution in [2.75, 3.05) is 33.2 Å². The molecule has 1 aromatic rings. The number of fused-ring (bicyclic) bond motifs is 1. The van der Waals surface area contributed by atoms with Gasteiger partial charge in [0.05, 0.1) is 5.69 Å². The summed E-state index contributed by atoms with van der Waals surface area (Å²) in [4.78, 5) is 34.2. The third-order valence-electron chi connectivity index (χ3n) is 5.30. The van der Waals surface area contributed by atoms with Crippen molar-refractivity contribution in [1.29, 1.82) is 0 Å². The van der Waals surface area contributed by atoms with E-state index in [0.717, 1.165) is 51.0 Å². The standard InChI is InChI=1S/C18H29N5O2/c1-4-13(2)19-17(24)15-14-7-5-6-8-23(14)16(20-15)18(25)22-11-9-21(3)10-12-22/h13H,4-12H2,1-3H3,(H,19,24). The van der Waals surface area contributed by atoms with Crippen molar-refractivity contribution in [3.63, 3.8) is 0 Å². The first-order valence-corrected chi connectivity index (χ1v) is 9.39. The predicted molar refractivity (Wildman–Crippen MR) is 95.8 cm³/mol. The molecular formula is C18H29N5O2. The first-order chi connectivity index (χ1) is 12.0. The highest BCUT2D eigenvalue weighted by Gasteiger charge is 2.31. The number of rotatable bonds is 4. The lowest BCUT2D eigenvalue weighted by Crippen LogP contribution is -2.47. The number of carbonyl (C=O) groups excluding carboxylic acids is 2. The highest BCUT2D eigenvalue weighted by atomic mass is 16.2. The van der Waals surface area contributed by atoms with Gasteiger partial charge in [-0.25, -0.2) is 4.98 Å². The van der Waals surface area contributed by atoms with Crippen molar-refractivity contribution >= 4 is 11.8 Å². The van der Waals surface area contributed by atoms with Crippen LogP contribution in [0, 0.1) is 0 Å². The Morgan fingerprint density at radius 1 is 1.16 bits per heavy atom. The minimum Gasteiger partial charge on any atom is -0.348 e. The fourth-order valence-corrected chi connectivity index (χ4v) is 3.43. The summed E-state index contributed by atoms with van der Waals surface area (Å²) in [6.45, 7) is 7.97. The number of amides is 2.